The minimum Gasteiger partial charge on any atom is -0.465 e. The van der Waals surface area contributed by atoms with Crippen LogP contribution in [0, 0.1) is 0 Å². The molecule has 3 N–H and O–H groups in total. The second-order valence-corrected chi connectivity index (χ2v) is 11.1. The highest BCUT2D eigenvalue weighted by Crippen LogP contribution is 2.34. The van der Waals surface area contributed by atoms with Gasteiger partial charge in [-0.25, -0.2) is 14.6 Å². The summed E-state index contributed by atoms with van der Waals surface area (Å²) in [5, 5.41) is 14.6. The maximum atomic E-state index is 12.7. The van der Waals surface area contributed by atoms with Crippen molar-refractivity contribution in [2.75, 3.05) is 44.6 Å². The van der Waals surface area contributed by atoms with Gasteiger partial charge in [0.25, 0.3) is 0 Å². The Morgan fingerprint density at radius 3 is 2.47 bits per heavy atom. The molecule has 2 heterocycles. The minimum atomic E-state index is -4.28. The van der Waals surface area contributed by atoms with Crippen LogP contribution in [0.3, 0.4) is 0 Å². The predicted octanol–water partition coefficient (Wildman–Crippen LogP) is 3.79. The van der Waals surface area contributed by atoms with E-state index >= 15 is 0 Å². The van der Waals surface area contributed by atoms with Crippen LogP contribution in [-0.4, -0.2) is 79.7 Å². The summed E-state index contributed by atoms with van der Waals surface area (Å²) in [6.07, 6.45) is -0.923. The zero-order valence-corrected chi connectivity index (χ0v) is 21.8. The lowest BCUT2D eigenvalue weighted by Crippen LogP contribution is -2.50. The van der Waals surface area contributed by atoms with Crippen molar-refractivity contribution in [1.82, 2.24) is 20.1 Å². The molecule has 0 spiro atoms. The average molecular weight is 574 g/mol. The summed E-state index contributed by atoms with van der Waals surface area (Å²) in [6, 6.07) is 8.40. The molecular formula is C21H21Cl2N5O6S2. The van der Waals surface area contributed by atoms with Gasteiger partial charge in [-0.3, -0.25) is 10.2 Å². The third-order valence-electron chi connectivity index (χ3n) is 5.31. The van der Waals surface area contributed by atoms with Crippen molar-refractivity contribution >= 4 is 72.1 Å². The van der Waals surface area contributed by atoms with E-state index in [2.05, 4.69) is 20.5 Å². The normalized spacial score (nSPS) is 14.6. The van der Waals surface area contributed by atoms with Gasteiger partial charge in [-0.05, 0) is 24.3 Å². The van der Waals surface area contributed by atoms with Crippen molar-refractivity contribution in [3.8, 4) is 5.75 Å². The van der Waals surface area contributed by atoms with Gasteiger partial charge < -0.3 is 19.5 Å². The monoisotopic (exact) mass is 573 g/mol. The highest BCUT2D eigenvalue weighted by Gasteiger charge is 2.24. The van der Waals surface area contributed by atoms with Gasteiger partial charge >= 0.3 is 22.2 Å². The Morgan fingerprint density at radius 1 is 1.11 bits per heavy atom. The maximum Gasteiger partial charge on any atom is 0.407 e. The number of benzene rings is 2. The fourth-order valence-electron chi connectivity index (χ4n) is 3.53. The van der Waals surface area contributed by atoms with E-state index in [0.717, 1.165) is 11.3 Å². The smallest absolute Gasteiger partial charge is 0.407 e. The van der Waals surface area contributed by atoms with Crippen LogP contribution in [0.2, 0.25) is 10.0 Å². The number of amides is 3. The Labute approximate surface area is 220 Å². The molecule has 1 aliphatic heterocycles. The van der Waals surface area contributed by atoms with E-state index in [-0.39, 0.29) is 20.7 Å². The van der Waals surface area contributed by atoms with E-state index in [9.17, 15) is 18.0 Å². The summed E-state index contributed by atoms with van der Waals surface area (Å²) in [5.74, 6) is 0.0427. The van der Waals surface area contributed by atoms with E-state index in [0.29, 0.717) is 54.6 Å². The number of rotatable bonds is 7. The maximum absolute atomic E-state index is 12.7. The van der Waals surface area contributed by atoms with Gasteiger partial charge in [-0.15, -0.1) is 0 Å². The molecule has 3 aromatic rings. The number of thiazole rings is 1. The molecule has 0 radical (unpaired) electrons. The molecular weight excluding hydrogens is 553 g/mol. The molecule has 15 heteroatoms. The number of nitrogens with one attached hydrogen (secondary N) is 2. The number of carboxylic acid groups (broad SMARTS) is 1. The Balaban J connectivity index is 1.33. The lowest BCUT2D eigenvalue weighted by molar-refractivity contribution is 0.106. The molecule has 0 atom stereocenters. The van der Waals surface area contributed by atoms with Crippen molar-refractivity contribution in [2.24, 2.45) is 0 Å². The number of carbonyl (C=O) groups is 2. The Morgan fingerprint density at radius 2 is 1.81 bits per heavy atom. The molecule has 192 valence electrons. The van der Waals surface area contributed by atoms with Gasteiger partial charge in [-0.1, -0.05) is 40.6 Å². The largest absolute Gasteiger partial charge is 0.465 e. The van der Waals surface area contributed by atoms with Crippen molar-refractivity contribution in [2.45, 2.75) is 4.90 Å². The SMILES string of the molecule is O=C(NCCN1CCN(C(=O)O)CC1)Nc1nc2ccc(OS(=O)(=O)c3c(Cl)cccc3Cl)cc2s1. The number of hydrogen-bond donors (Lipinski definition) is 3. The second-order valence-electron chi connectivity index (χ2n) is 7.73. The fraction of sp³-hybridized carbons (Fsp3) is 0.286. The molecule has 11 nitrogen and oxygen atoms in total. The van der Waals surface area contributed by atoms with Gasteiger partial charge in [0.1, 0.15) is 10.6 Å². The quantitative estimate of drug-likeness (QED) is 0.362. The van der Waals surface area contributed by atoms with Crippen molar-refractivity contribution in [3.05, 3.63) is 46.4 Å². The van der Waals surface area contributed by atoms with Crippen LogP contribution < -0.4 is 14.8 Å². The Kier molecular flexibility index (Phi) is 8.05. The van der Waals surface area contributed by atoms with Gasteiger partial charge in [-0.2, -0.15) is 8.42 Å². The third kappa shape index (κ3) is 6.28. The minimum absolute atomic E-state index is 0.0427. The summed E-state index contributed by atoms with van der Waals surface area (Å²) in [7, 11) is -4.28. The number of carbonyl (C=O) groups excluding carboxylic acids is 1. The summed E-state index contributed by atoms with van der Waals surface area (Å²) in [6.45, 7) is 3.06. The average Bonchev–Trinajstić information content (AvgIpc) is 3.20. The Bertz CT molecular complexity index is 1370. The van der Waals surface area contributed by atoms with Crippen molar-refractivity contribution in [3.63, 3.8) is 0 Å². The van der Waals surface area contributed by atoms with Gasteiger partial charge in [0.05, 0.1) is 20.3 Å². The summed E-state index contributed by atoms with van der Waals surface area (Å²) in [4.78, 5) is 30.7. The molecule has 1 saturated heterocycles. The molecule has 0 aliphatic carbocycles. The number of piperazine rings is 1. The van der Waals surface area contributed by atoms with Crippen LogP contribution in [0.5, 0.6) is 5.75 Å². The topological polar surface area (TPSA) is 141 Å². The summed E-state index contributed by atoms with van der Waals surface area (Å²) >= 11 is 13.2. The predicted molar refractivity (Wildman–Crippen MR) is 137 cm³/mol. The number of aromatic nitrogens is 1. The number of urea groups is 1. The summed E-state index contributed by atoms with van der Waals surface area (Å²) in [5.41, 5.74) is 0.548. The van der Waals surface area contributed by atoms with E-state index < -0.39 is 22.2 Å². The Hall–Kier alpha value is -2.84. The van der Waals surface area contributed by atoms with E-state index in [4.69, 9.17) is 32.5 Å². The molecule has 2 aromatic carbocycles. The van der Waals surface area contributed by atoms with Crippen molar-refractivity contribution in [1.29, 1.82) is 0 Å². The van der Waals surface area contributed by atoms with Crippen molar-refractivity contribution < 1.29 is 27.3 Å². The molecule has 1 fully saturated rings. The molecule has 0 bridgehead atoms. The molecule has 4 rings (SSSR count). The molecule has 3 amide bonds. The number of hydrogen-bond acceptors (Lipinski definition) is 8. The lowest BCUT2D eigenvalue weighted by Gasteiger charge is -2.32. The standard InChI is InChI=1S/C21H21Cl2N5O6S2/c22-14-2-1-3-15(23)18(14)36(32,33)34-13-4-5-16-17(12-13)35-20(25-16)26-19(29)24-6-7-27-8-10-28(11-9-27)21(30)31/h1-5,12H,6-11H2,(H,30,31)(H2,24,25,26,29). The van der Waals surface area contributed by atoms with Crippen LogP contribution in [0.15, 0.2) is 41.3 Å². The first-order chi connectivity index (χ1) is 17.1. The highest BCUT2D eigenvalue weighted by molar-refractivity contribution is 7.87. The van der Waals surface area contributed by atoms with E-state index in [1.54, 1.807) is 6.07 Å². The lowest BCUT2D eigenvalue weighted by atomic mass is 10.3. The molecule has 1 aliphatic rings. The van der Waals surface area contributed by atoms with Gasteiger partial charge in [0, 0.05) is 45.3 Å². The zero-order chi connectivity index (χ0) is 25.9. The van der Waals surface area contributed by atoms with Crippen LogP contribution in [0.4, 0.5) is 14.7 Å². The number of nitrogens with zero attached hydrogens (tertiary/aromatic N) is 3. The highest BCUT2D eigenvalue weighted by atomic mass is 35.5. The number of fused-ring (bicyclic) bond motifs is 1. The van der Waals surface area contributed by atoms with Crippen LogP contribution in [-0.2, 0) is 10.1 Å². The molecule has 36 heavy (non-hydrogen) atoms. The number of halogens is 2. The van der Waals surface area contributed by atoms with Crippen LogP contribution >= 0.6 is 34.5 Å². The summed E-state index contributed by atoms with van der Waals surface area (Å²) < 4.78 is 31.2. The first-order valence-corrected chi connectivity index (χ1v) is 13.6. The third-order valence-corrected chi connectivity index (χ3v) is 8.45. The van der Waals surface area contributed by atoms with Gasteiger partial charge in [0.15, 0.2) is 5.13 Å². The molecule has 0 saturated carbocycles. The van der Waals surface area contributed by atoms with E-state index in [1.807, 2.05) is 0 Å². The number of anilines is 1. The van der Waals surface area contributed by atoms with Crippen LogP contribution in [0.1, 0.15) is 0 Å². The van der Waals surface area contributed by atoms with Crippen LogP contribution in [0.25, 0.3) is 10.2 Å². The molecule has 0 unspecified atom stereocenters. The first-order valence-electron chi connectivity index (χ1n) is 10.7. The van der Waals surface area contributed by atoms with E-state index in [1.165, 1.54) is 35.2 Å². The second kappa shape index (κ2) is 11.0. The zero-order valence-electron chi connectivity index (χ0n) is 18.6. The van der Waals surface area contributed by atoms with Gasteiger partial charge in [0.2, 0.25) is 0 Å². The first kappa shape index (κ1) is 26.2. The fourth-order valence-corrected chi connectivity index (χ4v) is 6.44. The molecule has 1 aromatic heterocycles.